The van der Waals surface area contributed by atoms with Gasteiger partial charge < -0.3 is 9.64 Å². The van der Waals surface area contributed by atoms with Gasteiger partial charge in [-0.25, -0.2) is 4.98 Å². The Hall–Kier alpha value is -2.80. The molecule has 0 radical (unpaired) electrons. The Balaban J connectivity index is 1.42. The number of rotatable bonds is 5. The van der Waals surface area contributed by atoms with Crippen molar-refractivity contribution in [1.29, 1.82) is 0 Å². The highest BCUT2D eigenvalue weighted by atomic mass is 32.2. The van der Waals surface area contributed by atoms with Crippen LogP contribution in [0.25, 0.3) is 11.4 Å². The van der Waals surface area contributed by atoms with Crippen molar-refractivity contribution in [2.45, 2.75) is 24.5 Å². The average Bonchev–Trinajstić information content (AvgIpc) is 3.30. The third kappa shape index (κ3) is 3.55. The summed E-state index contributed by atoms with van der Waals surface area (Å²) in [5, 5.41) is 7.72. The molecule has 0 spiro atoms. The van der Waals surface area contributed by atoms with Crippen LogP contribution in [0.4, 0.5) is 5.69 Å². The van der Waals surface area contributed by atoms with E-state index in [4.69, 9.17) is 4.74 Å². The van der Waals surface area contributed by atoms with E-state index in [1.54, 1.807) is 7.11 Å². The normalized spacial score (nSPS) is 15.6. The fourth-order valence-corrected chi connectivity index (χ4v) is 3.99. The molecule has 0 bridgehead atoms. The number of hydrogen-bond donors (Lipinski definition) is 1. The van der Waals surface area contributed by atoms with Crippen molar-refractivity contribution >= 4 is 23.4 Å². The summed E-state index contributed by atoms with van der Waals surface area (Å²) >= 11 is 1.35. The van der Waals surface area contributed by atoms with Gasteiger partial charge in [0.05, 0.1) is 12.9 Å². The highest BCUT2D eigenvalue weighted by Crippen LogP contribution is 2.32. The van der Waals surface area contributed by atoms with Crippen LogP contribution in [0, 0.1) is 0 Å². The number of nitrogens with one attached hydrogen (secondary N) is 1. The Morgan fingerprint density at radius 1 is 1.26 bits per heavy atom. The maximum atomic E-state index is 12.8. The van der Waals surface area contributed by atoms with E-state index in [-0.39, 0.29) is 11.9 Å². The SMILES string of the molecule is COc1ccc(-c2nc(SCC(=O)N3c4ccccc4C[C@H]3C)n[nH]2)cc1. The van der Waals surface area contributed by atoms with Gasteiger partial charge in [0.25, 0.3) is 0 Å². The van der Waals surface area contributed by atoms with Gasteiger partial charge >= 0.3 is 0 Å². The van der Waals surface area contributed by atoms with Crippen LogP contribution in [0.3, 0.4) is 0 Å². The number of H-pyrrole nitrogens is 1. The Morgan fingerprint density at radius 3 is 2.81 bits per heavy atom. The summed E-state index contributed by atoms with van der Waals surface area (Å²) in [7, 11) is 1.63. The lowest BCUT2D eigenvalue weighted by Crippen LogP contribution is -2.36. The van der Waals surface area contributed by atoms with Gasteiger partial charge in [-0.15, -0.1) is 5.10 Å². The second-order valence-corrected chi connectivity index (χ2v) is 7.37. The van der Waals surface area contributed by atoms with Crippen LogP contribution in [-0.2, 0) is 11.2 Å². The van der Waals surface area contributed by atoms with E-state index in [0.717, 1.165) is 23.4 Å². The van der Waals surface area contributed by atoms with Crippen molar-refractivity contribution in [2.24, 2.45) is 0 Å². The van der Waals surface area contributed by atoms with Gasteiger partial charge in [-0.2, -0.15) is 0 Å². The number of thioether (sulfide) groups is 1. The zero-order valence-corrected chi connectivity index (χ0v) is 16.0. The Labute approximate surface area is 162 Å². The van der Waals surface area contributed by atoms with Crippen molar-refractivity contribution in [1.82, 2.24) is 15.2 Å². The van der Waals surface area contributed by atoms with E-state index >= 15 is 0 Å². The zero-order chi connectivity index (χ0) is 18.8. The van der Waals surface area contributed by atoms with Crippen LogP contribution in [-0.4, -0.2) is 40.0 Å². The predicted octanol–water partition coefficient (Wildman–Crippen LogP) is 3.55. The molecule has 1 aliphatic heterocycles. The minimum atomic E-state index is 0.0771. The molecule has 2 aromatic carbocycles. The van der Waals surface area contributed by atoms with Gasteiger partial charge in [-0.3, -0.25) is 9.89 Å². The monoisotopic (exact) mass is 380 g/mol. The van der Waals surface area contributed by atoms with E-state index in [9.17, 15) is 4.79 Å². The molecule has 2 heterocycles. The van der Waals surface area contributed by atoms with Crippen LogP contribution < -0.4 is 9.64 Å². The summed E-state index contributed by atoms with van der Waals surface area (Å²) in [4.78, 5) is 19.1. The van der Waals surface area contributed by atoms with Gasteiger partial charge in [0.2, 0.25) is 11.1 Å². The topological polar surface area (TPSA) is 71.1 Å². The van der Waals surface area contributed by atoms with Crippen LogP contribution >= 0.6 is 11.8 Å². The Kier molecular flexibility index (Phi) is 4.85. The first-order valence-corrected chi connectivity index (χ1v) is 9.74. The number of hydrogen-bond acceptors (Lipinski definition) is 5. The second-order valence-electron chi connectivity index (χ2n) is 6.43. The first-order chi connectivity index (χ1) is 13.2. The number of carbonyl (C=O) groups is 1. The number of nitrogens with zero attached hydrogens (tertiary/aromatic N) is 3. The molecule has 1 N–H and O–H groups in total. The predicted molar refractivity (Wildman–Crippen MR) is 106 cm³/mol. The van der Waals surface area contributed by atoms with Gasteiger partial charge in [0, 0.05) is 17.3 Å². The van der Waals surface area contributed by atoms with E-state index in [2.05, 4.69) is 28.2 Å². The van der Waals surface area contributed by atoms with Crippen molar-refractivity contribution < 1.29 is 9.53 Å². The van der Waals surface area contributed by atoms with Crippen LogP contribution in [0.1, 0.15) is 12.5 Å². The molecule has 7 heteroatoms. The molecule has 0 saturated heterocycles. The molecule has 3 aromatic rings. The van der Waals surface area contributed by atoms with Crippen LogP contribution in [0.2, 0.25) is 0 Å². The third-order valence-corrected chi connectivity index (χ3v) is 5.46. The first-order valence-electron chi connectivity index (χ1n) is 8.75. The lowest BCUT2D eigenvalue weighted by Gasteiger charge is -2.22. The summed E-state index contributed by atoms with van der Waals surface area (Å²) in [6.07, 6.45) is 0.898. The highest BCUT2D eigenvalue weighted by Gasteiger charge is 2.30. The number of ether oxygens (including phenoxy) is 1. The summed E-state index contributed by atoms with van der Waals surface area (Å²) in [6, 6.07) is 15.9. The van der Waals surface area contributed by atoms with Crippen LogP contribution in [0.15, 0.2) is 53.7 Å². The molecule has 0 unspecified atom stereocenters. The first kappa shape index (κ1) is 17.6. The zero-order valence-electron chi connectivity index (χ0n) is 15.2. The smallest absolute Gasteiger partial charge is 0.237 e. The van der Waals surface area contributed by atoms with E-state index in [0.29, 0.717) is 16.7 Å². The molecule has 0 fully saturated rings. The molecule has 1 atom stereocenters. The number of aromatic amines is 1. The quantitative estimate of drug-likeness (QED) is 0.686. The summed E-state index contributed by atoms with van der Waals surface area (Å²) in [6.45, 7) is 2.08. The van der Waals surface area contributed by atoms with E-state index < -0.39 is 0 Å². The van der Waals surface area contributed by atoms with Crippen molar-refractivity contribution in [3.05, 3.63) is 54.1 Å². The number of benzene rings is 2. The molecule has 138 valence electrons. The molecule has 1 aliphatic rings. The fourth-order valence-electron chi connectivity index (χ4n) is 3.33. The van der Waals surface area contributed by atoms with Gasteiger partial charge in [0.1, 0.15) is 5.75 Å². The molecule has 6 nitrogen and oxygen atoms in total. The number of methoxy groups -OCH3 is 1. The second kappa shape index (κ2) is 7.44. The number of carbonyl (C=O) groups excluding carboxylic acids is 1. The molecular formula is C20H20N4O2S. The number of aromatic nitrogens is 3. The van der Waals surface area contributed by atoms with Crippen molar-refractivity contribution in [3.63, 3.8) is 0 Å². The standard InChI is InChI=1S/C20H20N4O2S/c1-13-11-15-5-3-4-6-17(15)24(13)18(25)12-27-20-21-19(22-23-20)14-7-9-16(26-2)10-8-14/h3-10,13H,11-12H2,1-2H3,(H,21,22,23)/t13-/m1/s1. The number of anilines is 1. The van der Waals surface area contributed by atoms with Crippen molar-refractivity contribution in [3.8, 4) is 17.1 Å². The molecule has 1 aromatic heterocycles. The molecular weight excluding hydrogens is 360 g/mol. The summed E-state index contributed by atoms with van der Waals surface area (Å²) in [5.74, 6) is 1.85. The average molecular weight is 380 g/mol. The number of para-hydroxylation sites is 1. The molecule has 27 heavy (non-hydrogen) atoms. The maximum Gasteiger partial charge on any atom is 0.237 e. The Bertz CT molecular complexity index is 955. The third-order valence-electron chi connectivity index (χ3n) is 4.63. The molecule has 0 saturated carbocycles. The number of fused-ring (bicyclic) bond motifs is 1. The van der Waals surface area contributed by atoms with Crippen molar-refractivity contribution in [2.75, 3.05) is 17.8 Å². The maximum absolute atomic E-state index is 12.8. The highest BCUT2D eigenvalue weighted by molar-refractivity contribution is 7.99. The summed E-state index contributed by atoms with van der Waals surface area (Å²) < 4.78 is 5.17. The molecule has 0 aliphatic carbocycles. The summed E-state index contributed by atoms with van der Waals surface area (Å²) in [5.41, 5.74) is 3.16. The molecule has 4 rings (SSSR count). The fraction of sp³-hybridized carbons (Fsp3) is 0.250. The van der Waals surface area contributed by atoms with Gasteiger partial charge in [-0.1, -0.05) is 30.0 Å². The van der Waals surface area contributed by atoms with Gasteiger partial charge in [-0.05, 0) is 49.2 Å². The number of amides is 1. The van der Waals surface area contributed by atoms with E-state index in [1.165, 1.54) is 17.3 Å². The lowest BCUT2D eigenvalue weighted by molar-refractivity contribution is -0.116. The van der Waals surface area contributed by atoms with Crippen LogP contribution in [0.5, 0.6) is 5.75 Å². The van der Waals surface area contributed by atoms with Gasteiger partial charge in [0.15, 0.2) is 5.82 Å². The largest absolute Gasteiger partial charge is 0.497 e. The minimum absolute atomic E-state index is 0.0771. The molecule has 1 amide bonds. The Morgan fingerprint density at radius 2 is 2.04 bits per heavy atom. The lowest BCUT2D eigenvalue weighted by atomic mass is 10.1. The minimum Gasteiger partial charge on any atom is -0.497 e. The van der Waals surface area contributed by atoms with E-state index in [1.807, 2.05) is 47.4 Å².